The van der Waals surface area contributed by atoms with Gasteiger partial charge in [-0.15, -0.1) is 11.3 Å². The minimum atomic E-state index is -3.77. The summed E-state index contributed by atoms with van der Waals surface area (Å²) in [5, 5.41) is 11.3. The van der Waals surface area contributed by atoms with Crippen LogP contribution in [0.25, 0.3) is 10.1 Å². The zero-order valence-corrected chi connectivity index (χ0v) is 20.2. The second kappa shape index (κ2) is 9.44. The molecule has 3 rings (SSSR count). The molecule has 32 heavy (non-hydrogen) atoms. The molecule has 3 aromatic rings. The van der Waals surface area contributed by atoms with Crippen LogP contribution in [0.15, 0.2) is 46.7 Å². The molecular weight excluding hydrogens is 475 g/mol. The Hall–Kier alpha value is -2.04. The van der Waals surface area contributed by atoms with Crippen LogP contribution < -0.4 is 9.62 Å². The van der Waals surface area contributed by atoms with Crippen LogP contribution in [0.2, 0.25) is 5.02 Å². The average molecular weight is 499 g/mol. The Kier molecular flexibility index (Phi) is 7.26. The molecule has 1 heterocycles. The van der Waals surface area contributed by atoms with E-state index in [-0.39, 0.29) is 22.9 Å². The number of amides is 1. The molecule has 172 valence electrons. The van der Waals surface area contributed by atoms with E-state index in [9.17, 15) is 22.7 Å². The molecule has 6 nitrogen and oxygen atoms in total. The number of nitrogens with zero attached hydrogens (tertiary/aromatic N) is 1. The van der Waals surface area contributed by atoms with Crippen LogP contribution in [0, 0.1) is 5.82 Å². The van der Waals surface area contributed by atoms with Gasteiger partial charge in [0.15, 0.2) is 0 Å². The number of halogens is 2. The summed E-state index contributed by atoms with van der Waals surface area (Å²) in [6.07, 6.45) is 0.764. The third-order valence-corrected chi connectivity index (χ3v) is 8.37. The van der Waals surface area contributed by atoms with Crippen molar-refractivity contribution in [2.75, 3.05) is 11.4 Å². The summed E-state index contributed by atoms with van der Waals surface area (Å²) in [6, 6.07) is 10.4. The molecular formula is C22H24ClFN2O4S2. The van der Waals surface area contributed by atoms with Gasteiger partial charge in [0.1, 0.15) is 10.0 Å². The van der Waals surface area contributed by atoms with Crippen LogP contribution in [0.4, 0.5) is 10.1 Å². The van der Waals surface area contributed by atoms with Crippen molar-refractivity contribution in [3.8, 4) is 0 Å². The summed E-state index contributed by atoms with van der Waals surface area (Å²) >= 11 is 7.09. The second-order valence-electron chi connectivity index (χ2n) is 8.08. The normalized spacial score (nSPS) is 13.3. The number of hydrogen-bond acceptors (Lipinski definition) is 5. The molecule has 2 aromatic carbocycles. The highest BCUT2D eigenvalue weighted by molar-refractivity contribution is 7.91. The van der Waals surface area contributed by atoms with E-state index < -0.39 is 27.5 Å². The Labute approximate surface area is 195 Å². The molecule has 0 aliphatic rings. The first-order valence-corrected chi connectivity index (χ1v) is 12.5. The molecule has 10 heteroatoms. The van der Waals surface area contributed by atoms with Crippen molar-refractivity contribution in [1.29, 1.82) is 0 Å². The quantitative estimate of drug-likeness (QED) is 0.421. The van der Waals surface area contributed by atoms with Gasteiger partial charge in [-0.05, 0) is 68.5 Å². The van der Waals surface area contributed by atoms with E-state index in [1.807, 2.05) is 0 Å². The maximum Gasteiger partial charge on any atom is 0.250 e. The maximum absolute atomic E-state index is 14.5. The van der Waals surface area contributed by atoms with Crippen LogP contribution in [0.3, 0.4) is 0 Å². The number of thiophene rings is 1. The van der Waals surface area contributed by atoms with Crippen LogP contribution in [-0.4, -0.2) is 32.5 Å². The first-order valence-electron chi connectivity index (χ1n) is 9.86. The Morgan fingerprint density at radius 2 is 1.97 bits per heavy atom. The first-order chi connectivity index (χ1) is 14.9. The van der Waals surface area contributed by atoms with Gasteiger partial charge in [-0.25, -0.2) is 17.5 Å². The van der Waals surface area contributed by atoms with Gasteiger partial charge in [0.05, 0.1) is 11.3 Å². The SMILES string of the molecule is CC(CCN(C=O)c1ccc(C(C)(C)O)cc1F)NS(=O)(=O)c1cc2ccc(Cl)cc2s1. The molecule has 0 spiro atoms. The van der Waals surface area contributed by atoms with Gasteiger partial charge in [-0.2, -0.15) is 0 Å². The zero-order chi connectivity index (χ0) is 23.7. The third-order valence-electron chi connectivity index (χ3n) is 4.97. The fourth-order valence-electron chi connectivity index (χ4n) is 3.18. The Balaban J connectivity index is 1.68. The predicted octanol–water partition coefficient (Wildman–Crippen LogP) is 4.64. The lowest BCUT2D eigenvalue weighted by atomic mass is 9.98. The van der Waals surface area contributed by atoms with Gasteiger partial charge < -0.3 is 10.0 Å². The molecule has 0 aliphatic carbocycles. The van der Waals surface area contributed by atoms with Gasteiger partial charge in [0.2, 0.25) is 16.4 Å². The van der Waals surface area contributed by atoms with E-state index in [0.717, 1.165) is 21.4 Å². The highest BCUT2D eigenvalue weighted by Crippen LogP contribution is 2.31. The van der Waals surface area contributed by atoms with E-state index >= 15 is 0 Å². The average Bonchev–Trinajstić information content (AvgIpc) is 3.12. The number of sulfonamides is 1. The van der Waals surface area contributed by atoms with Gasteiger partial charge in [-0.3, -0.25) is 4.79 Å². The number of benzene rings is 2. The molecule has 1 amide bonds. The Morgan fingerprint density at radius 1 is 1.25 bits per heavy atom. The standard InChI is InChI=1S/C22H24ClFN2O4S2/c1-14(25-32(29,30)21-10-15-4-6-17(23)12-20(15)31-21)8-9-26(13-27)19-7-5-16(11-18(19)24)22(2,3)28/h4-7,10-14,25,28H,8-9H2,1-3H3. The van der Waals surface area contributed by atoms with Gasteiger partial charge in [0.25, 0.3) is 0 Å². The highest BCUT2D eigenvalue weighted by Gasteiger charge is 2.22. The number of hydrogen-bond donors (Lipinski definition) is 2. The van der Waals surface area contributed by atoms with Crippen LogP contribution in [0.5, 0.6) is 0 Å². The lowest BCUT2D eigenvalue weighted by Crippen LogP contribution is -2.35. The van der Waals surface area contributed by atoms with E-state index in [4.69, 9.17) is 11.6 Å². The van der Waals surface area contributed by atoms with E-state index in [0.29, 0.717) is 17.0 Å². The molecule has 2 N–H and O–H groups in total. The fourth-order valence-corrected chi connectivity index (χ4v) is 6.15. The van der Waals surface area contributed by atoms with Crippen molar-refractivity contribution in [2.45, 2.75) is 43.0 Å². The largest absolute Gasteiger partial charge is 0.386 e. The zero-order valence-electron chi connectivity index (χ0n) is 17.8. The van der Waals surface area contributed by atoms with Crippen molar-refractivity contribution in [3.05, 3.63) is 58.9 Å². The van der Waals surface area contributed by atoms with Crippen LogP contribution >= 0.6 is 22.9 Å². The number of anilines is 1. The lowest BCUT2D eigenvalue weighted by Gasteiger charge is -2.23. The summed E-state index contributed by atoms with van der Waals surface area (Å²) in [6.45, 7) is 4.86. The fraction of sp³-hybridized carbons (Fsp3) is 0.318. The van der Waals surface area contributed by atoms with Crippen molar-refractivity contribution in [2.24, 2.45) is 0 Å². The third kappa shape index (κ3) is 5.65. The van der Waals surface area contributed by atoms with Crippen molar-refractivity contribution >= 4 is 55.1 Å². The van der Waals surface area contributed by atoms with Crippen molar-refractivity contribution in [3.63, 3.8) is 0 Å². The molecule has 1 aromatic heterocycles. The van der Waals surface area contributed by atoms with E-state index in [1.165, 1.54) is 30.9 Å². The first kappa shape index (κ1) is 24.6. The summed E-state index contributed by atoms with van der Waals surface area (Å²) < 4.78 is 43.6. The molecule has 1 unspecified atom stereocenters. The number of nitrogens with one attached hydrogen (secondary N) is 1. The van der Waals surface area contributed by atoms with Gasteiger partial charge in [-0.1, -0.05) is 23.7 Å². The Bertz CT molecular complexity index is 1240. The Morgan fingerprint density at radius 3 is 2.59 bits per heavy atom. The van der Waals surface area contributed by atoms with Crippen LogP contribution in [-0.2, 0) is 20.4 Å². The highest BCUT2D eigenvalue weighted by atomic mass is 35.5. The van der Waals surface area contributed by atoms with Gasteiger partial charge in [0, 0.05) is 22.3 Å². The molecule has 0 fully saturated rings. The van der Waals surface area contributed by atoms with E-state index in [2.05, 4.69) is 4.72 Å². The smallest absolute Gasteiger partial charge is 0.250 e. The molecule has 0 radical (unpaired) electrons. The van der Waals surface area contributed by atoms with E-state index in [1.54, 1.807) is 37.3 Å². The number of fused-ring (bicyclic) bond motifs is 1. The summed E-state index contributed by atoms with van der Waals surface area (Å²) in [4.78, 5) is 12.7. The predicted molar refractivity (Wildman–Crippen MR) is 126 cm³/mol. The molecule has 0 saturated heterocycles. The molecule has 1 atom stereocenters. The number of rotatable bonds is 9. The lowest BCUT2D eigenvalue weighted by molar-refractivity contribution is -0.107. The summed E-state index contributed by atoms with van der Waals surface area (Å²) in [7, 11) is -3.77. The summed E-state index contributed by atoms with van der Waals surface area (Å²) in [5.41, 5.74) is -0.768. The molecule has 0 aliphatic heterocycles. The van der Waals surface area contributed by atoms with Crippen LogP contribution in [0.1, 0.15) is 32.8 Å². The van der Waals surface area contributed by atoms with Crippen molar-refractivity contribution in [1.82, 2.24) is 4.72 Å². The minimum absolute atomic E-state index is 0.0597. The number of carbonyl (C=O) groups excluding carboxylic acids is 1. The topological polar surface area (TPSA) is 86.7 Å². The minimum Gasteiger partial charge on any atom is -0.386 e. The number of aliphatic hydroxyl groups is 1. The summed E-state index contributed by atoms with van der Waals surface area (Å²) in [5.74, 6) is -0.645. The van der Waals surface area contributed by atoms with Crippen molar-refractivity contribution < 1.29 is 22.7 Å². The molecule has 0 saturated carbocycles. The number of carbonyl (C=O) groups is 1. The maximum atomic E-state index is 14.5. The second-order valence-corrected chi connectivity index (χ2v) is 11.5. The monoisotopic (exact) mass is 498 g/mol. The molecule has 0 bridgehead atoms. The van der Waals surface area contributed by atoms with Gasteiger partial charge >= 0.3 is 0 Å².